The van der Waals surface area contributed by atoms with Crippen molar-refractivity contribution in [3.05, 3.63) is 0 Å². The molecule has 0 spiro atoms. The Hall–Kier alpha value is -0.370. The molecule has 0 radical (unpaired) electrons. The summed E-state index contributed by atoms with van der Waals surface area (Å²) in [4.78, 5) is 12.3. The minimum atomic E-state index is -0.428. The highest BCUT2D eigenvalue weighted by atomic mass is 16.3. The van der Waals surface area contributed by atoms with E-state index in [9.17, 15) is 9.90 Å². The van der Waals surface area contributed by atoms with Gasteiger partial charge in [-0.2, -0.15) is 0 Å². The van der Waals surface area contributed by atoms with E-state index in [-0.39, 0.29) is 5.41 Å². The highest BCUT2D eigenvalue weighted by Gasteiger charge is 2.65. The quantitative estimate of drug-likeness (QED) is 0.542. The van der Waals surface area contributed by atoms with E-state index in [0.29, 0.717) is 29.0 Å². The second-order valence-corrected chi connectivity index (χ2v) is 11.7. The van der Waals surface area contributed by atoms with E-state index in [2.05, 4.69) is 27.7 Å². The van der Waals surface area contributed by atoms with Crippen LogP contribution in [0.15, 0.2) is 0 Å². The van der Waals surface area contributed by atoms with Gasteiger partial charge < -0.3 is 5.11 Å². The normalized spacial score (nSPS) is 50.8. The number of carbonyl (C=O) groups is 1. The van der Waals surface area contributed by atoms with E-state index in [0.717, 1.165) is 37.5 Å². The van der Waals surface area contributed by atoms with Gasteiger partial charge in [0.1, 0.15) is 5.78 Å². The number of aliphatic hydroxyl groups is 1. The van der Waals surface area contributed by atoms with Crippen molar-refractivity contribution >= 4 is 5.78 Å². The molecule has 2 nitrogen and oxygen atoms in total. The average Bonchev–Trinajstić information content (AvgIpc) is 2.92. The Morgan fingerprint density at radius 2 is 1.71 bits per heavy atom. The summed E-state index contributed by atoms with van der Waals surface area (Å²) >= 11 is 0. The maximum Gasteiger partial charge on any atom is 0.133 e. The van der Waals surface area contributed by atoms with Crippen molar-refractivity contribution in [1.82, 2.24) is 0 Å². The molecule has 0 unspecified atom stereocenters. The van der Waals surface area contributed by atoms with Crippen LogP contribution >= 0.6 is 0 Å². The van der Waals surface area contributed by atoms with E-state index >= 15 is 0 Å². The molecule has 2 heteroatoms. The standard InChI is InChI=1S/C26H44O2/c1-5-6-7-8-13-26(28)15-12-22-21-10-9-19-17-20(27)16-18(2)25(19,4)23(21)11-14-24(22,26)3/h18-19,21-23,28H,5-17H2,1-4H3/t18-,19-,21-,22-,23-,24-,25-,26-/m0/s1. The van der Waals surface area contributed by atoms with Crippen molar-refractivity contribution in [2.24, 2.45) is 40.4 Å². The van der Waals surface area contributed by atoms with Crippen molar-refractivity contribution in [3.8, 4) is 0 Å². The lowest BCUT2D eigenvalue weighted by atomic mass is 9.42. The van der Waals surface area contributed by atoms with Crippen molar-refractivity contribution in [2.45, 2.75) is 117 Å². The molecule has 4 aliphatic rings. The number of Topliss-reactive ketones (excluding diaryl/α,β-unsaturated/α-hetero) is 1. The van der Waals surface area contributed by atoms with Crippen LogP contribution in [0.4, 0.5) is 0 Å². The fourth-order valence-corrected chi connectivity index (χ4v) is 8.84. The molecule has 4 fully saturated rings. The average molecular weight is 389 g/mol. The molecule has 4 rings (SSSR count). The van der Waals surface area contributed by atoms with Gasteiger partial charge in [-0.3, -0.25) is 4.79 Å². The Morgan fingerprint density at radius 1 is 0.964 bits per heavy atom. The second-order valence-electron chi connectivity index (χ2n) is 11.7. The zero-order valence-electron chi connectivity index (χ0n) is 18.9. The number of fused-ring (bicyclic) bond motifs is 5. The molecule has 4 saturated carbocycles. The lowest BCUT2D eigenvalue weighted by molar-refractivity contribution is -0.169. The number of unbranched alkanes of at least 4 members (excludes halogenated alkanes) is 3. The molecular weight excluding hydrogens is 344 g/mol. The molecule has 8 atom stereocenters. The number of ketones is 1. The first-order valence-corrected chi connectivity index (χ1v) is 12.5. The van der Waals surface area contributed by atoms with Crippen molar-refractivity contribution < 1.29 is 9.90 Å². The van der Waals surface area contributed by atoms with Gasteiger partial charge in [-0.15, -0.1) is 0 Å². The van der Waals surface area contributed by atoms with Crippen molar-refractivity contribution in [1.29, 1.82) is 0 Å². The van der Waals surface area contributed by atoms with Gasteiger partial charge in [0.2, 0.25) is 0 Å². The number of hydrogen-bond acceptors (Lipinski definition) is 2. The van der Waals surface area contributed by atoms with Crippen LogP contribution in [0.1, 0.15) is 111 Å². The molecule has 28 heavy (non-hydrogen) atoms. The van der Waals surface area contributed by atoms with Gasteiger partial charge in [0.25, 0.3) is 0 Å². The highest BCUT2D eigenvalue weighted by Crippen LogP contribution is 2.69. The Balaban J connectivity index is 1.54. The third kappa shape index (κ3) is 2.95. The molecule has 0 aromatic heterocycles. The lowest BCUT2D eigenvalue weighted by Crippen LogP contribution is -2.58. The summed E-state index contributed by atoms with van der Waals surface area (Å²) in [6.07, 6.45) is 15.0. The first-order valence-electron chi connectivity index (χ1n) is 12.5. The van der Waals surface area contributed by atoms with Gasteiger partial charge in [-0.05, 0) is 85.4 Å². The predicted molar refractivity (Wildman–Crippen MR) is 115 cm³/mol. The van der Waals surface area contributed by atoms with E-state index in [1.54, 1.807) is 0 Å². The minimum Gasteiger partial charge on any atom is -0.389 e. The molecule has 160 valence electrons. The monoisotopic (exact) mass is 388 g/mol. The molecule has 0 aliphatic heterocycles. The van der Waals surface area contributed by atoms with Crippen molar-refractivity contribution in [3.63, 3.8) is 0 Å². The fourth-order valence-electron chi connectivity index (χ4n) is 8.84. The summed E-state index contributed by atoms with van der Waals surface area (Å²) in [5.41, 5.74) is 0.0412. The zero-order valence-corrected chi connectivity index (χ0v) is 18.9. The van der Waals surface area contributed by atoms with Gasteiger partial charge in [-0.1, -0.05) is 53.4 Å². The molecule has 4 aliphatic carbocycles. The van der Waals surface area contributed by atoms with Crippen LogP contribution in [-0.4, -0.2) is 16.5 Å². The topological polar surface area (TPSA) is 37.3 Å². The summed E-state index contributed by atoms with van der Waals surface area (Å²) in [6.45, 7) is 9.61. The maximum absolute atomic E-state index is 12.3. The van der Waals surface area contributed by atoms with E-state index in [1.807, 2.05) is 0 Å². The van der Waals surface area contributed by atoms with E-state index < -0.39 is 5.60 Å². The summed E-state index contributed by atoms with van der Waals surface area (Å²) in [5, 5.41) is 11.8. The van der Waals surface area contributed by atoms with Gasteiger partial charge in [0.05, 0.1) is 5.60 Å². The smallest absolute Gasteiger partial charge is 0.133 e. The molecule has 0 heterocycles. The Kier molecular flexibility index (Phi) is 5.52. The molecular formula is C26H44O2. The predicted octanol–water partition coefficient (Wildman–Crippen LogP) is 6.55. The van der Waals surface area contributed by atoms with Crippen LogP contribution in [0.5, 0.6) is 0 Å². The van der Waals surface area contributed by atoms with Crippen molar-refractivity contribution in [2.75, 3.05) is 0 Å². The largest absolute Gasteiger partial charge is 0.389 e. The Labute approximate surface area is 173 Å². The highest BCUT2D eigenvalue weighted by molar-refractivity contribution is 5.80. The van der Waals surface area contributed by atoms with Gasteiger partial charge in [0, 0.05) is 12.8 Å². The molecule has 0 saturated heterocycles. The van der Waals surface area contributed by atoms with Gasteiger partial charge in [0.15, 0.2) is 0 Å². The minimum absolute atomic E-state index is 0.122. The summed E-state index contributed by atoms with van der Waals surface area (Å²) in [5.74, 6) is 3.91. The first-order chi connectivity index (χ1) is 13.3. The summed E-state index contributed by atoms with van der Waals surface area (Å²) in [7, 11) is 0. The molecule has 0 aromatic rings. The Bertz CT molecular complexity index is 599. The molecule has 0 aromatic carbocycles. The van der Waals surface area contributed by atoms with Crippen LogP contribution in [0.2, 0.25) is 0 Å². The van der Waals surface area contributed by atoms with E-state index in [1.165, 1.54) is 57.8 Å². The van der Waals surface area contributed by atoms with Crippen LogP contribution in [0, 0.1) is 40.4 Å². The third-order valence-corrected chi connectivity index (χ3v) is 10.8. The summed E-state index contributed by atoms with van der Waals surface area (Å²) in [6, 6.07) is 0. The first kappa shape index (κ1) is 20.9. The second kappa shape index (κ2) is 7.40. The number of rotatable bonds is 5. The summed E-state index contributed by atoms with van der Waals surface area (Å²) < 4.78 is 0. The molecule has 0 amide bonds. The Morgan fingerprint density at radius 3 is 2.46 bits per heavy atom. The maximum atomic E-state index is 12.3. The number of carbonyl (C=O) groups excluding carboxylic acids is 1. The lowest BCUT2D eigenvalue weighted by Gasteiger charge is -2.62. The fraction of sp³-hybridized carbons (Fsp3) is 0.962. The SMILES string of the molecule is CCCCCC[C@]1(O)CC[C@H]2[C@@H]3CC[C@H]4CC(=O)C[C@H](C)[C@]4(C)[C@H]3CC[C@@]21C. The zero-order chi connectivity index (χ0) is 20.2. The van der Waals surface area contributed by atoms with Crippen LogP contribution in [0.25, 0.3) is 0 Å². The van der Waals surface area contributed by atoms with Crippen LogP contribution in [-0.2, 0) is 4.79 Å². The molecule has 0 bridgehead atoms. The van der Waals surface area contributed by atoms with Crippen LogP contribution < -0.4 is 0 Å². The van der Waals surface area contributed by atoms with Gasteiger partial charge in [-0.25, -0.2) is 0 Å². The van der Waals surface area contributed by atoms with Crippen LogP contribution in [0.3, 0.4) is 0 Å². The van der Waals surface area contributed by atoms with Gasteiger partial charge >= 0.3 is 0 Å². The number of hydrogen-bond donors (Lipinski definition) is 1. The van der Waals surface area contributed by atoms with E-state index in [4.69, 9.17) is 0 Å². The third-order valence-electron chi connectivity index (χ3n) is 10.8. The molecule has 1 N–H and O–H groups in total.